The first kappa shape index (κ1) is 23.9. The van der Waals surface area contributed by atoms with Crippen LogP contribution in [0.3, 0.4) is 0 Å². The third-order valence-corrected chi connectivity index (χ3v) is 5.62. The summed E-state index contributed by atoms with van der Waals surface area (Å²) < 4.78 is 24.9. The number of halogens is 1. The van der Waals surface area contributed by atoms with Crippen molar-refractivity contribution in [3.8, 4) is 11.5 Å². The Morgan fingerprint density at radius 2 is 1.74 bits per heavy atom. The van der Waals surface area contributed by atoms with E-state index in [0.717, 1.165) is 5.56 Å². The fourth-order valence-corrected chi connectivity index (χ4v) is 4.08. The van der Waals surface area contributed by atoms with Crippen LogP contribution in [0.1, 0.15) is 36.6 Å². The van der Waals surface area contributed by atoms with Gasteiger partial charge in [-0.1, -0.05) is 12.1 Å². The van der Waals surface area contributed by atoms with E-state index in [1.54, 1.807) is 42.7 Å². The topological polar surface area (TPSA) is 89.0 Å². The summed E-state index contributed by atoms with van der Waals surface area (Å²) in [5.74, 6) is -1.46. The number of hydrogen-bond acceptors (Lipinski definition) is 6. The molecule has 180 valence electrons. The summed E-state index contributed by atoms with van der Waals surface area (Å²) in [5, 5.41) is 11.1. The lowest BCUT2D eigenvalue weighted by Crippen LogP contribution is -2.29. The SMILES string of the molecule is CCOc1ccc([C@@H]2C(=C(O)c3ccc(F)cc3)C(=O)C(=O)N2Cc2cccnc2)cc1OCC. The molecule has 1 amide bonds. The Labute approximate surface area is 202 Å². The molecular weight excluding hydrogens is 451 g/mol. The highest BCUT2D eigenvalue weighted by Crippen LogP contribution is 2.42. The van der Waals surface area contributed by atoms with Gasteiger partial charge in [0, 0.05) is 24.5 Å². The van der Waals surface area contributed by atoms with Crippen molar-refractivity contribution >= 4 is 17.4 Å². The van der Waals surface area contributed by atoms with Crippen LogP contribution in [0.4, 0.5) is 4.39 Å². The first-order chi connectivity index (χ1) is 16.9. The molecule has 2 aromatic carbocycles. The summed E-state index contributed by atoms with van der Waals surface area (Å²) >= 11 is 0. The van der Waals surface area contributed by atoms with Crippen LogP contribution in [-0.4, -0.2) is 39.9 Å². The molecule has 1 fully saturated rings. The number of likely N-dealkylation sites (tertiary alicyclic amines) is 1. The van der Waals surface area contributed by atoms with Crippen molar-refractivity contribution in [2.45, 2.75) is 26.4 Å². The van der Waals surface area contributed by atoms with E-state index in [1.807, 2.05) is 13.8 Å². The molecule has 1 aromatic heterocycles. The molecule has 4 rings (SSSR count). The number of benzene rings is 2. The van der Waals surface area contributed by atoms with Gasteiger partial charge in [0.1, 0.15) is 11.6 Å². The number of aromatic nitrogens is 1. The molecule has 1 aliphatic rings. The van der Waals surface area contributed by atoms with Crippen LogP contribution >= 0.6 is 0 Å². The third kappa shape index (κ3) is 4.87. The molecule has 35 heavy (non-hydrogen) atoms. The molecule has 0 bridgehead atoms. The van der Waals surface area contributed by atoms with Crippen molar-refractivity contribution in [1.82, 2.24) is 9.88 Å². The van der Waals surface area contributed by atoms with Gasteiger partial charge in [-0.05, 0) is 67.4 Å². The van der Waals surface area contributed by atoms with Gasteiger partial charge in [-0.25, -0.2) is 4.39 Å². The van der Waals surface area contributed by atoms with Gasteiger partial charge in [-0.15, -0.1) is 0 Å². The van der Waals surface area contributed by atoms with E-state index < -0.39 is 23.5 Å². The Hall–Kier alpha value is -4.20. The van der Waals surface area contributed by atoms with Gasteiger partial charge in [0.2, 0.25) is 0 Å². The maximum absolute atomic E-state index is 13.5. The van der Waals surface area contributed by atoms with Crippen molar-refractivity contribution in [3.05, 3.63) is 95.1 Å². The van der Waals surface area contributed by atoms with Crippen LogP contribution < -0.4 is 9.47 Å². The van der Waals surface area contributed by atoms with E-state index in [-0.39, 0.29) is 23.4 Å². The van der Waals surface area contributed by atoms with Crippen molar-refractivity contribution in [3.63, 3.8) is 0 Å². The molecule has 2 heterocycles. The van der Waals surface area contributed by atoms with Gasteiger partial charge in [0.15, 0.2) is 11.5 Å². The molecule has 8 heteroatoms. The second-order valence-electron chi connectivity index (χ2n) is 7.87. The van der Waals surface area contributed by atoms with E-state index in [2.05, 4.69) is 4.98 Å². The molecule has 3 aromatic rings. The number of carbonyl (C=O) groups excluding carboxylic acids is 2. The Kier molecular flexibility index (Phi) is 7.10. The van der Waals surface area contributed by atoms with E-state index in [9.17, 15) is 19.1 Å². The zero-order valence-corrected chi connectivity index (χ0v) is 19.4. The van der Waals surface area contributed by atoms with Crippen LogP contribution in [0.25, 0.3) is 5.76 Å². The number of aliphatic hydroxyl groups is 1. The zero-order valence-electron chi connectivity index (χ0n) is 19.4. The quantitative estimate of drug-likeness (QED) is 0.290. The standard InChI is InChI=1S/C27H25FN2O5/c1-3-34-21-12-9-19(14-22(21)35-4-2)24-23(25(31)18-7-10-20(28)11-8-18)26(32)27(33)30(24)16-17-6-5-13-29-15-17/h5-15,24,31H,3-4,16H2,1-2H3/t24-/m1/s1. The average molecular weight is 477 g/mol. The summed E-state index contributed by atoms with van der Waals surface area (Å²) in [7, 11) is 0. The number of carbonyl (C=O) groups is 2. The first-order valence-electron chi connectivity index (χ1n) is 11.3. The molecule has 1 N–H and O–H groups in total. The fourth-order valence-electron chi connectivity index (χ4n) is 4.08. The lowest BCUT2D eigenvalue weighted by Gasteiger charge is -2.26. The molecule has 0 saturated carbocycles. The second kappa shape index (κ2) is 10.4. The van der Waals surface area contributed by atoms with Gasteiger partial charge in [0.25, 0.3) is 11.7 Å². The largest absolute Gasteiger partial charge is 0.507 e. The van der Waals surface area contributed by atoms with Gasteiger partial charge < -0.3 is 19.5 Å². The van der Waals surface area contributed by atoms with E-state index in [4.69, 9.17) is 9.47 Å². The van der Waals surface area contributed by atoms with Crippen LogP contribution in [0.2, 0.25) is 0 Å². The molecule has 1 saturated heterocycles. The van der Waals surface area contributed by atoms with E-state index >= 15 is 0 Å². The minimum atomic E-state index is -0.907. The highest BCUT2D eigenvalue weighted by Gasteiger charge is 2.46. The second-order valence-corrected chi connectivity index (χ2v) is 7.87. The maximum Gasteiger partial charge on any atom is 0.295 e. The molecule has 7 nitrogen and oxygen atoms in total. The van der Waals surface area contributed by atoms with Gasteiger partial charge in [0.05, 0.1) is 24.8 Å². The van der Waals surface area contributed by atoms with Gasteiger partial charge in [-0.2, -0.15) is 0 Å². The number of Topliss-reactive ketones (excluding diaryl/α,β-unsaturated/α-hetero) is 1. The first-order valence-corrected chi connectivity index (χ1v) is 11.3. The molecule has 0 spiro atoms. The minimum absolute atomic E-state index is 0.0860. The Balaban J connectivity index is 1.88. The minimum Gasteiger partial charge on any atom is -0.507 e. The lowest BCUT2D eigenvalue weighted by molar-refractivity contribution is -0.140. The fraction of sp³-hybridized carbons (Fsp3) is 0.222. The number of hydrogen-bond donors (Lipinski definition) is 1. The van der Waals surface area contributed by atoms with Crippen molar-refractivity contribution < 1.29 is 28.6 Å². The van der Waals surface area contributed by atoms with Gasteiger partial charge >= 0.3 is 0 Å². The van der Waals surface area contributed by atoms with E-state index in [1.165, 1.54) is 29.2 Å². The van der Waals surface area contributed by atoms with Crippen LogP contribution in [0.15, 0.2) is 72.6 Å². The Morgan fingerprint density at radius 1 is 1.03 bits per heavy atom. The highest BCUT2D eigenvalue weighted by atomic mass is 19.1. The predicted molar refractivity (Wildman–Crippen MR) is 127 cm³/mol. The Bertz CT molecular complexity index is 1260. The number of amides is 1. The van der Waals surface area contributed by atoms with Crippen LogP contribution in [0, 0.1) is 5.82 Å². The Morgan fingerprint density at radius 3 is 2.40 bits per heavy atom. The summed E-state index contributed by atoms with van der Waals surface area (Å²) in [6.07, 6.45) is 3.23. The normalized spacial score (nSPS) is 17.0. The number of ether oxygens (including phenoxy) is 2. The summed E-state index contributed by atoms with van der Waals surface area (Å²) in [4.78, 5) is 31.8. The van der Waals surface area contributed by atoms with Crippen molar-refractivity contribution in [2.75, 3.05) is 13.2 Å². The predicted octanol–water partition coefficient (Wildman–Crippen LogP) is 4.64. The van der Waals surface area contributed by atoms with Crippen LogP contribution in [0.5, 0.6) is 11.5 Å². The number of ketones is 1. The smallest absolute Gasteiger partial charge is 0.295 e. The van der Waals surface area contributed by atoms with Gasteiger partial charge in [-0.3, -0.25) is 14.6 Å². The van der Waals surface area contributed by atoms with Crippen molar-refractivity contribution in [2.24, 2.45) is 0 Å². The molecule has 1 aliphatic heterocycles. The maximum atomic E-state index is 13.5. The molecule has 1 atom stereocenters. The lowest BCUT2D eigenvalue weighted by atomic mass is 9.95. The van der Waals surface area contributed by atoms with Crippen LogP contribution in [-0.2, 0) is 16.1 Å². The molecule has 0 unspecified atom stereocenters. The number of nitrogens with zero attached hydrogens (tertiary/aromatic N) is 2. The number of aliphatic hydroxyl groups excluding tert-OH is 1. The summed E-state index contributed by atoms with van der Waals surface area (Å²) in [5.41, 5.74) is 1.42. The highest BCUT2D eigenvalue weighted by molar-refractivity contribution is 6.46. The molecule has 0 aliphatic carbocycles. The number of rotatable bonds is 8. The molecular formula is C27H25FN2O5. The summed E-state index contributed by atoms with van der Waals surface area (Å²) in [6, 6.07) is 12.9. The summed E-state index contributed by atoms with van der Waals surface area (Å²) in [6.45, 7) is 4.61. The average Bonchev–Trinajstić information content (AvgIpc) is 3.11. The monoisotopic (exact) mass is 476 g/mol. The molecule has 0 radical (unpaired) electrons. The zero-order chi connectivity index (χ0) is 24.9. The third-order valence-electron chi connectivity index (χ3n) is 5.62. The van der Waals surface area contributed by atoms with E-state index in [0.29, 0.717) is 30.3 Å². The number of pyridine rings is 1. The van der Waals surface area contributed by atoms with Crippen molar-refractivity contribution in [1.29, 1.82) is 0 Å².